The summed E-state index contributed by atoms with van der Waals surface area (Å²) in [4.78, 5) is 42.5. The first kappa shape index (κ1) is 21.8. The summed E-state index contributed by atoms with van der Waals surface area (Å²) in [6.07, 6.45) is -0.419. The van der Waals surface area contributed by atoms with Crippen LogP contribution in [0.25, 0.3) is 0 Å². The molecule has 27 heavy (non-hydrogen) atoms. The molecule has 2 heterocycles. The average Bonchev–Trinajstić information content (AvgIpc) is 2.53. The number of carbonyl (C=O) groups is 3. The highest BCUT2D eigenvalue weighted by atomic mass is 32.1. The third-order valence-corrected chi connectivity index (χ3v) is 5.25. The molecule has 0 radical (unpaired) electrons. The molecule has 2 saturated heterocycles. The molecule has 2 aliphatic heterocycles. The lowest BCUT2D eigenvalue weighted by Crippen LogP contribution is -2.82. The number of likely N-dealkylation sites (tertiary alicyclic amines) is 1. The van der Waals surface area contributed by atoms with Gasteiger partial charge in [0.1, 0.15) is 17.2 Å². The van der Waals surface area contributed by atoms with Crippen LogP contribution in [0.4, 0.5) is 4.79 Å². The Labute approximate surface area is 166 Å². The van der Waals surface area contributed by atoms with Crippen molar-refractivity contribution in [1.29, 1.82) is 0 Å². The number of thiol groups is 1. The number of carbonyl (C=O) groups excluding carboxylic acids is 3. The smallest absolute Gasteiger partial charge is 0.410 e. The van der Waals surface area contributed by atoms with Gasteiger partial charge < -0.3 is 20.3 Å². The molecule has 0 aliphatic carbocycles. The maximum atomic E-state index is 13.2. The molecule has 2 rings (SSSR count). The van der Waals surface area contributed by atoms with E-state index in [0.717, 1.165) is 6.54 Å². The van der Waals surface area contributed by atoms with Gasteiger partial charge in [-0.05, 0) is 26.7 Å². The van der Waals surface area contributed by atoms with Gasteiger partial charge in [0.2, 0.25) is 11.8 Å². The van der Waals surface area contributed by atoms with Crippen molar-refractivity contribution in [2.45, 2.75) is 51.8 Å². The van der Waals surface area contributed by atoms with E-state index in [0.29, 0.717) is 25.6 Å². The summed E-state index contributed by atoms with van der Waals surface area (Å²) < 4.78 is 5.48. The lowest BCUT2D eigenvalue weighted by atomic mass is 9.82. The molecule has 154 valence electrons. The molecule has 1 spiro atoms. The number of hydrogen-bond acceptors (Lipinski definition) is 6. The van der Waals surface area contributed by atoms with Crippen LogP contribution in [0.15, 0.2) is 0 Å². The molecule has 2 aliphatic rings. The van der Waals surface area contributed by atoms with E-state index in [-0.39, 0.29) is 18.2 Å². The van der Waals surface area contributed by atoms with Gasteiger partial charge in [0.15, 0.2) is 0 Å². The summed E-state index contributed by atoms with van der Waals surface area (Å²) in [7, 11) is 0. The van der Waals surface area contributed by atoms with Crippen LogP contribution in [-0.2, 0) is 14.3 Å². The van der Waals surface area contributed by atoms with Crippen LogP contribution in [-0.4, -0.2) is 88.3 Å². The Bertz CT molecular complexity index is 607. The van der Waals surface area contributed by atoms with E-state index >= 15 is 0 Å². The Hall–Kier alpha value is -1.48. The Balaban J connectivity index is 2.21. The van der Waals surface area contributed by atoms with Gasteiger partial charge in [-0.3, -0.25) is 14.5 Å². The van der Waals surface area contributed by atoms with Gasteiger partial charge >= 0.3 is 6.09 Å². The molecule has 0 saturated carbocycles. The second-order valence-corrected chi connectivity index (χ2v) is 9.17. The summed E-state index contributed by atoms with van der Waals surface area (Å²) >= 11 is 4.16. The summed E-state index contributed by atoms with van der Waals surface area (Å²) in [5.41, 5.74) is 4.00. The quantitative estimate of drug-likeness (QED) is 0.519. The van der Waals surface area contributed by atoms with Crippen LogP contribution >= 0.6 is 12.6 Å². The number of rotatable bonds is 5. The third kappa shape index (κ3) is 4.51. The summed E-state index contributed by atoms with van der Waals surface area (Å²) in [6.45, 7) is 12.1. The minimum Gasteiger partial charge on any atom is -0.444 e. The molecule has 0 aromatic rings. The maximum Gasteiger partial charge on any atom is 0.410 e. The summed E-state index contributed by atoms with van der Waals surface area (Å²) in [5.74, 6) is -0.191. The Morgan fingerprint density at radius 1 is 1.26 bits per heavy atom. The second kappa shape index (κ2) is 7.87. The first-order chi connectivity index (χ1) is 12.4. The van der Waals surface area contributed by atoms with Gasteiger partial charge in [-0.15, -0.1) is 0 Å². The summed E-state index contributed by atoms with van der Waals surface area (Å²) in [6, 6.07) is -0.732. The molecular formula is C18H32N4O4S. The highest BCUT2D eigenvalue weighted by molar-refractivity contribution is 7.80. The number of nitrogens with zero attached hydrogens (tertiary/aromatic N) is 3. The van der Waals surface area contributed by atoms with Crippen molar-refractivity contribution in [3.8, 4) is 0 Å². The molecule has 1 unspecified atom stereocenters. The highest BCUT2D eigenvalue weighted by Crippen LogP contribution is 2.36. The zero-order valence-electron chi connectivity index (χ0n) is 16.9. The molecule has 9 heteroatoms. The highest BCUT2D eigenvalue weighted by Gasteiger charge is 2.60. The molecule has 2 atom stereocenters. The summed E-state index contributed by atoms with van der Waals surface area (Å²) in [5, 5.41) is 0. The Morgan fingerprint density at radius 2 is 1.89 bits per heavy atom. The Kier molecular flexibility index (Phi) is 6.36. The standard InChI is InChI=1S/C18H32N4O4S/c1-12(2)8-21-7-6-20(16(25)26-17(3,4)5)10-18(21)11-22(15(18)24)13(9-27)14(19)23/h12-13,27H,6-11H2,1-5H3,(H2,19,23)/t13-,18?/m0/s1. The number of piperazine rings is 1. The van der Waals surface area contributed by atoms with E-state index in [1.807, 2.05) is 20.8 Å². The molecular weight excluding hydrogens is 368 g/mol. The Morgan fingerprint density at radius 3 is 2.33 bits per heavy atom. The van der Waals surface area contributed by atoms with Crippen molar-refractivity contribution >= 4 is 30.5 Å². The van der Waals surface area contributed by atoms with Crippen molar-refractivity contribution in [3.05, 3.63) is 0 Å². The van der Waals surface area contributed by atoms with Crippen molar-refractivity contribution < 1.29 is 19.1 Å². The molecule has 2 N–H and O–H groups in total. The van der Waals surface area contributed by atoms with Crippen molar-refractivity contribution in [2.24, 2.45) is 11.7 Å². The largest absolute Gasteiger partial charge is 0.444 e. The van der Waals surface area contributed by atoms with E-state index in [9.17, 15) is 14.4 Å². The predicted octanol–water partition coefficient (Wildman–Crippen LogP) is 0.560. The normalized spacial score (nSPS) is 24.9. The van der Waals surface area contributed by atoms with E-state index in [1.165, 1.54) is 4.90 Å². The zero-order chi connectivity index (χ0) is 20.6. The van der Waals surface area contributed by atoms with E-state index in [2.05, 4.69) is 31.4 Å². The van der Waals surface area contributed by atoms with Crippen LogP contribution in [0, 0.1) is 5.92 Å². The number of hydrogen-bond donors (Lipinski definition) is 2. The van der Waals surface area contributed by atoms with Gasteiger partial charge in [0.25, 0.3) is 0 Å². The third-order valence-electron chi connectivity index (χ3n) is 4.90. The molecule has 2 fully saturated rings. The number of primary amides is 1. The van der Waals surface area contributed by atoms with Gasteiger partial charge in [-0.1, -0.05) is 13.8 Å². The molecule has 0 bridgehead atoms. The maximum absolute atomic E-state index is 13.2. The van der Waals surface area contributed by atoms with Gasteiger partial charge in [-0.25, -0.2) is 4.79 Å². The number of amides is 3. The van der Waals surface area contributed by atoms with Gasteiger partial charge in [-0.2, -0.15) is 12.6 Å². The average molecular weight is 401 g/mol. The van der Waals surface area contributed by atoms with E-state index in [4.69, 9.17) is 10.5 Å². The molecule has 0 aromatic carbocycles. The van der Waals surface area contributed by atoms with Crippen molar-refractivity contribution in [2.75, 3.05) is 38.5 Å². The van der Waals surface area contributed by atoms with Crippen LogP contribution in [0.1, 0.15) is 34.6 Å². The van der Waals surface area contributed by atoms with Crippen molar-refractivity contribution in [3.63, 3.8) is 0 Å². The fraction of sp³-hybridized carbons (Fsp3) is 0.833. The van der Waals surface area contributed by atoms with Gasteiger partial charge in [0.05, 0.1) is 13.1 Å². The number of β-lactam (4-membered cyclic amide) rings is 1. The van der Waals surface area contributed by atoms with Gasteiger partial charge in [0, 0.05) is 25.4 Å². The van der Waals surface area contributed by atoms with E-state index < -0.39 is 29.2 Å². The topological polar surface area (TPSA) is 96.2 Å². The monoisotopic (exact) mass is 400 g/mol. The molecule has 3 amide bonds. The molecule has 8 nitrogen and oxygen atoms in total. The second-order valence-electron chi connectivity index (χ2n) is 8.81. The zero-order valence-corrected chi connectivity index (χ0v) is 17.8. The van der Waals surface area contributed by atoms with Crippen LogP contribution in [0.5, 0.6) is 0 Å². The minimum absolute atomic E-state index is 0.172. The SMILES string of the molecule is CC(C)CN1CCN(C(=O)OC(C)(C)C)CC12CN([C@@H](CS)C(N)=O)C2=O. The first-order valence-electron chi connectivity index (χ1n) is 9.35. The van der Waals surface area contributed by atoms with Crippen LogP contribution < -0.4 is 5.73 Å². The lowest BCUT2D eigenvalue weighted by molar-refractivity contribution is -0.177. The number of nitrogens with two attached hydrogens (primary N) is 1. The van der Waals surface area contributed by atoms with Crippen LogP contribution in [0.2, 0.25) is 0 Å². The number of ether oxygens (including phenoxy) is 1. The fourth-order valence-corrected chi connectivity index (χ4v) is 4.06. The van der Waals surface area contributed by atoms with Crippen LogP contribution in [0.3, 0.4) is 0 Å². The minimum atomic E-state index is -0.823. The van der Waals surface area contributed by atoms with E-state index in [1.54, 1.807) is 4.90 Å². The molecule has 0 aromatic heterocycles. The first-order valence-corrected chi connectivity index (χ1v) is 9.99. The van der Waals surface area contributed by atoms with Crippen molar-refractivity contribution in [1.82, 2.24) is 14.7 Å². The fourth-order valence-electron chi connectivity index (χ4n) is 3.68. The predicted molar refractivity (Wildman–Crippen MR) is 105 cm³/mol. The lowest BCUT2D eigenvalue weighted by Gasteiger charge is -2.59.